The molecule has 152 valence electrons. The van der Waals surface area contributed by atoms with E-state index in [0.29, 0.717) is 34.2 Å². The third kappa shape index (κ3) is 4.68. The number of halogens is 1. The van der Waals surface area contributed by atoms with E-state index < -0.39 is 0 Å². The first-order chi connectivity index (χ1) is 13.8. The molecular weight excluding hydrogens is 390 g/mol. The number of hydrogen-bond donors (Lipinski definition) is 1. The van der Waals surface area contributed by atoms with Crippen LogP contribution < -0.4 is 15.2 Å². The van der Waals surface area contributed by atoms with Crippen LogP contribution in [0.1, 0.15) is 12.5 Å². The number of ether oxygens (including phenoxy) is 1. The van der Waals surface area contributed by atoms with Crippen molar-refractivity contribution >= 4 is 40.0 Å². The number of aliphatic imine (C=N–C) groups is 1. The average Bonchev–Trinajstić information content (AvgIpc) is 2.67. The molecule has 1 aromatic heterocycles. The van der Waals surface area contributed by atoms with Gasteiger partial charge in [0.15, 0.2) is 0 Å². The number of anilines is 1. The summed E-state index contributed by atoms with van der Waals surface area (Å²) in [6, 6.07) is 11.2. The lowest BCUT2D eigenvalue weighted by molar-refractivity contribution is 0.415. The molecule has 0 aliphatic carbocycles. The van der Waals surface area contributed by atoms with Crippen molar-refractivity contribution in [1.82, 2.24) is 14.9 Å². The second kappa shape index (κ2) is 8.53. The first kappa shape index (κ1) is 20.7. The molecule has 0 saturated heterocycles. The molecule has 8 heteroatoms. The Kier molecular flexibility index (Phi) is 6.08. The number of amidine groups is 1. The van der Waals surface area contributed by atoms with Gasteiger partial charge in [-0.15, -0.1) is 0 Å². The maximum absolute atomic E-state index is 12.5. The predicted molar refractivity (Wildman–Crippen MR) is 119 cm³/mol. The molecule has 0 atom stereocenters. The van der Waals surface area contributed by atoms with Gasteiger partial charge in [-0.05, 0) is 36.8 Å². The second-order valence-corrected chi connectivity index (χ2v) is 7.38. The van der Waals surface area contributed by atoms with E-state index in [1.807, 2.05) is 62.1 Å². The largest absolute Gasteiger partial charge is 0.495 e. The van der Waals surface area contributed by atoms with Crippen molar-refractivity contribution in [3.8, 4) is 5.75 Å². The number of aromatic amines is 1. The molecule has 0 bridgehead atoms. The topological polar surface area (TPSA) is 73.8 Å². The molecule has 7 nitrogen and oxygen atoms in total. The highest BCUT2D eigenvalue weighted by Crippen LogP contribution is 2.28. The lowest BCUT2D eigenvalue weighted by Crippen LogP contribution is -2.22. The third-order valence-electron chi connectivity index (χ3n) is 4.61. The molecule has 2 aromatic carbocycles. The Bertz CT molecular complexity index is 1120. The van der Waals surface area contributed by atoms with Gasteiger partial charge in [0, 0.05) is 27.7 Å². The number of benzene rings is 2. The Labute approximate surface area is 174 Å². The van der Waals surface area contributed by atoms with Gasteiger partial charge in [-0.2, -0.15) is 4.98 Å². The second-order valence-electron chi connectivity index (χ2n) is 6.98. The minimum absolute atomic E-state index is 0.337. The molecule has 0 fully saturated rings. The van der Waals surface area contributed by atoms with E-state index in [2.05, 4.69) is 15.0 Å². The van der Waals surface area contributed by atoms with Crippen LogP contribution in [0.2, 0.25) is 5.02 Å². The summed E-state index contributed by atoms with van der Waals surface area (Å²) >= 11 is 6.20. The molecule has 0 saturated carbocycles. The van der Waals surface area contributed by atoms with Crippen molar-refractivity contribution in [2.75, 3.05) is 33.2 Å². The Balaban J connectivity index is 1.89. The number of fused-ring (bicyclic) bond motifs is 1. The van der Waals surface area contributed by atoms with Gasteiger partial charge in [0.1, 0.15) is 11.6 Å². The zero-order valence-corrected chi connectivity index (χ0v) is 17.9. The summed E-state index contributed by atoms with van der Waals surface area (Å²) < 4.78 is 5.18. The number of H-pyrrole nitrogens is 1. The van der Waals surface area contributed by atoms with Crippen LogP contribution in [0.15, 0.2) is 46.2 Å². The van der Waals surface area contributed by atoms with Crippen LogP contribution in [0.4, 0.5) is 11.6 Å². The summed E-state index contributed by atoms with van der Waals surface area (Å²) in [5.41, 5.74) is 2.20. The van der Waals surface area contributed by atoms with Crippen molar-refractivity contribution in [3.05, 3.63) is 57.3 Å². The molecule has 1 heterocycles. The summed E-state index contributed by atoms with van der Waals surface area (Å²) in [6.45, 7) is 2.52. The normalized spacial score (nSPS) is 11.6. The van der Waals surface area contributed by atoms with Crippen LogP contribution in [0.25, 0.3) is 10.9 Å². The minimum atomic E-state index is -0.337. The molecule has 29 heavy (non-hydrogen) atoms. The predicted octanol–water partition coefficient (Wildman–Crippen LogP) is 3.83. The van der Waals surface area contributed by atoms with E-state index in [0.717, 1.165) is 17.1 Å². The van der Waals surface area contributed by atoms with Gasteiger partial charge in [0.05, 0.1) is 28.7 Å². The zero-order chi connectivity index (χ0) is 21.1. The van der Waals surface area contributed by atoms with E-state index in [1.165, 1.54) is 7.11 Å². The Hall–Kier alpha value is -3.06. The van der Waals surface area contributed by atoms with Crippen molar-refractivity contribution in [3.63, 3.8) is 0 Å². The molecular formula is C21H24ClN5O2. The molecule has 0 aliphatic rings. The highest BCUT2D eigenvalue weighted by Gasteiger charge is 2.12. The quantitative estimate of drug-likeness (QED) is 0.508. The van der Waals surface area contributed by atoms with Crippen molar-refractivity contribution < 1.29 is 4.74 Å². The molecule has 3 aromatic rings. The smallest absolute Gasteiger partial charge is 0.282 e. The Morgan fingerprint density at radius 2 is 2.00 bits per heavy atom. The van der Waals surface area contributed by atoms with Crippen LogP contribution in [-0.2, 0) is 6.54 Å². The fourth-order valence-corrected chi connectivity index (χ4v) is 3.08. The van der Waals surface area contributed by atoms with E-state index in [1.54, 1.807) is 12.1 Å². The molecule has 0 unspecified atom stereocenters. The van der Waals surface area contributed by atoms with Crippen LogP contribution >= 0.6 is 11.6 Å². The van der Waals surface area contributed by atoms with E-state index in [9.17, 15) is 4.79 Å². The van der Waals surface area contributed by atoms with Crippen molar-refractivity contribution in [2.24, 2.45) is 4.99 Å². The number of aromatic nitrogens is 2. The van der Waals surface area contributed by atoms with E-state index in [-0.39, 0.29) is 5.56 Å². The summed E-state index contributed by atoms with van der Waals surface area (Å²) in [5, 5.41) is 0.858. The van der Waals surface area contributed by atoms with Crippen LogP contribution in [0.5, 0.6) is 5.75 Å². The lowest BCUT2D eigenvalue weighted by atomic mass is 10.2. The van der Waals surface area contributed by atoms with Crippen molar-refractivity contribution in [2.45, 2.75) is 13.5 Å². The van der Waals surface area contributed by atoms with Gasteiger partial charge in [-0.1, -0.05) is 23.7 Å². The summed E-state index contributed by atoms with van der Waals surface area (Å²) in [6.07, 6.45) is 0. The van der Waals surface area contributed by atoms with Gasteiger partial charge < -0.3 is 19.5 Å². The van der Waals surface area contributed by atoms with Gasteiger partial charge in [0.25, 0.3) is 5.56 Å². The summed E-state index contributed by atoms with van der Waals surface area (Å²) in [5.74, 6) is 1.82. The standard InChI is InChI=1S/C21H24ClN5O2/c1-13(26(2)3)23-15-8-6-7-14(9-15)12-27(4)21-24-18-11-17(22)19(29-5)10-16(18)20(28)25-21/h6-11H,12H2,1-5H3,(H,24,25,28). The fourth-order valence-electron chi connectivity index (χ4n) is 2.84. The molecule has 0 spiro atoms. The molecule has 0 aliphatic heterocycles. The number of rotatable bonds is 5. The molecule has 3 rings (SSSR count). The fraction of sp³-hybridized carbons (Fsp3) is 0.286. The zero-order valence-electron chi connectivity index (χ0n) is 17.2. The minimum Gasteiger partial charge on any atom is -0.495 e. The number of hydrogen-bond acceptors (Lipinski definition) is 5. The number of nitrogens with one attached hydrogen (secondary N) is 1. The summed E-state index contributed by atoms with van der Waals surface area (Å²) in [4.78, 5) is 28.3. The maximum Gasteiger partial charge on any atom is 0.282 e. The molecule has 1 N–H and O–H groups in total. The number of methoxy groups -OCH3 is 1. The highest BCUT2D eigenvalue weighted by atomic mass is 35.5. The first-order valence-electron chi connectivity index (χ1n) is 9.08. The van der Waals surface area contributed by atoms with E-state index in [4.69, 9.17) is 16.3 Å². The van der Waals surface area contributed by atoms with E-state index >= 15 is 0 Å². The Morgan fingerprint density at radius 3 is 2.69 bits per heavy atom. The Morgan fingerprint density at radius 1 is 1.24 bits per heavy atom. The SMILES string of the molecule is COc1cc2c(=O)nc(N(C)Cc3cccc(N=C(C)N(C)C)c3)[nH]c2cc1Cl. The van der Waals surface area contributed by atoms with Gasteiger partial charge in [0.2, 0.25) is 5.95 Å². The van der Waals surface area contributed by atoms with Crippen LogP contribution in [-0.4, -0.2) is 49.0 Å². The third-order valence-corrected chi connectivity index (χ3v) is 4.90. The van der Waals surface area contributed by atoms with Gasteiger partial charge >= 0.3 is 0 Å². The highest BCUT2D eigenvalue weighted by molar-refractivity contribution is 6.32. The van der Waals surface area contributed by atoms with Gasteiger partial charge in [-0.3, -0.25) is 4.79 Å². The average molecular weight is 414 g/mol. The monoisotopic (exact) mass is 413 g/mol. The maximum atomic E-state index is 12.5. The lowest BCUT2D eigenvalue weighted by Gasteiger charge is -2.18. The van der Waals surface area contributed by atoms with Gasteiger partial charge in [-0.25, -0.2) is 4.99 Å². The summed E-state index contributed by atoms with van der Waals surface area (Å²) in [7, 11) is 7.30. The first-order valence-corrected chi connectivity index (χ1v) is 9.46. The number of nitrogens with zero attached hydrogens (tertiary/aromatic N) is 4. The van der Waals surface area contributed by atoms with Crippen LogP contribution in [0, 0.1) is 0 Å². The van der Waals surface area contributed by atoms with Crippen molar-refractivity contribution in [1.29, 1.82) is 0 Å². The van der Waals surface area contributed by atoms with Crippen LogP contribution in [0.3, 0.4) is 0 Å². The molecule has 0 amide bonds. The molecule has 0 radical (unpaired) electrons.